The average molecular weight is 456 g/mol. The number of aryl methyl sites for hydroxylation is 2. The van der Waals surface area contributed by atoms with Gasteiger partial charge in [0, 0.05) is 29.9 Å². The molecular weight excluding hydrogens is 422 g/mol. The van der Waals surface area contributed by atoms with Crippen LogP contribution < -0.4 is 5.32 Å². The van der Waals surface area contributed by atoms with E-state index < -0.39 is 0 Å². The van der Waals surface area contributed by atoms with E-state index in [1.165, 1.54) is 24.8 Å². The Balaban J connectivity index is 0.000000211. The maximum Gasteiger partial charge on any atom is 0.272 e. The van der Waals surface area contributed by atoms with Gasteiger partial charge in [-0.05, 0) is 50.3 Å². The standard InChI is InChI=1S/C13H21N3O2.C7H7Cl.C6H6/c1-18-9-8-14-13(17)12-10-6-4-2-3-5-7-11(10)15-16-12;1-6-3-2-4-7(8)5-6;1-2-4-6-5-3-1/h2-9H2,1H3,(H,14,17)(H,15,16);2-5H,1H3;1-6H. The highest BCUT2D eigenvalue weighted by molar-refractivity contribution is 6.30. The van der Waals surface area contributed by atoms with Crippen LogP contribution in [0, 0.1) is 6.92 Å². The van der Waals surface area contributed by atoms with Gasteiger partial charge in [0.1, 0.15) is 0 Å². The van der Waals surface area contributed by atoms with E-state index >= 15 is 0 Å². The summed E-state index contributed by atoms with van der Waals surface area (Å²) in [5.74, 6) is -0.0925. The fraction of sp³-hybridized carbons (Fsp3) is 0.385. The number of ether oxygens (including phenoxy) is 1. The number of rotatable bonds is 4. The summed E-state index contributed by atoms with van der Waals surface area (Å²) in [6, 6.07) is 19.8. The average Bonchev–Trinajstić information content (AvgIpc) is 3.17. The second-order valence-corrected chi connectivity index (χ2v) is 8.08. The van der Waals surface area contributed by atoms with E-state index in [4.69, 9.17) is 16.3 Å². The van der Waals surface area contributed by atoms with Gasteiger partial charge in [0.2, 0.25) is 0 Å². The molecule has 1 aliphatic carbocycles. The first kappa shape index (κ1) is 25.6. The molecule has 0 spiro atoms. The number of hydrogen-bond donors (Lipinski definition) is 2. The van der Waals surface area contributed by atoms with Gasteiger partial charge in [0.25, 0.3) is 5.91 Å². The lowest BCUT2D eigenvalue weighted by atomic mass is 9.97. The van der Waals surface area contributed by atoms with Gasteiger partial charge in [-0.1, -0.05) is 73.0 Å². The highest BCUT2D eigenvalue weighted by Crippen LogP contribution is 2.21. The quantitative estimate of drug-likeness (QED) is 0.490. The molecule has 0 fully saturated rings. The van der Waals surface area contributed by atoms with Crippen molar-refractivity contribution in [2.24, 2.45) is 0 Å². The van der Waals surface area contributed by atoms with E-state index in [0.717, 1.165) is 35.5 Å². The number of carbonyl (C=O) groups excluding carboxylic acids is 1. The molecule has 5 nitrogen and oxygen atoms in total. The minimum atomic E-state index is -0.0925. The number of benzene rings is 2. The molecule has 1 amide bonds. The lowest BCUT2D eigenvalue weighted by Gasteiger charge is -2.10. The zero-order valence-corrected chi connectivity index (χ0v) is 19.8. The topological polar surface area (TPSA) is 67.0 Å². The maximum absolute atomic E-state index is 12.0. The van der Waals surface area contributed by atoms with Gasteiger partial charge in [-0.2, -0.15) is 5.10 Å². The second-order valence-electron chi connectivity index (χ2n) is 7.65. The third-order valence-electron chi connectivity index (χ3n) is 5.01. The maximum atomic E-state index is 12.0. The number of fused-ring (bicyclic) bond motifs is 1. The van der Waals surface area contributed by atoms with Gasteiger partial charge in [-0.3, -0.25) is 9.89 Å². The molecule has 2 N–H and O–H groups in total. The normalized spacial score (nSPS) is 12.6. The predicted octanol–water partition coefficient (Wildman–Crippen LogP) is 5.78. The van der Waals surface area contributed by atoms with Gasteiger partial charge in [-0.15, -0.1) is 0 Å². The van der Waals surface area contributed by atoms with Crippen LogP contribution in [0.4, 0.5) is 0 Å². The molecule has 0 bridgehead atoms. The smallest absolute Gasteiger partial charge is 0.272 e. The molecule has 1 heterocycles. The lowest BCUT2D eigenvalue weighted by Crippen LogP contribution is -2.28. The molecule has 172 valence electrons. The SMILES string of the molecule is COCCNC(=O)c1n[nH]c2c1CCCCCC2.Cc1cccc(Cl)c1.c1ccccc1. The molecule has 6 heteroatoms. The number of nitrogens with zero attached hydrogens (tertiary/aromatic N) is 1. The molecule has 0 radical (unpaired) electrons. The Kier molecular flexibility index (Phi) is 12.2. The van der Waals surface area contributed by atoms with E-state index in [9.17, 15) is 4.79 Å². The fourth-order valence-electron chi connectivity index (χ4n) is 3.36. The predicted molar refractivity (Wildman–Crippen MR) is 131 cm³/mol. The van der Waals surface area contributed by atoms with Gasteiger partial charge >= 0.3 is 0 Å². The van der Waals surface area contributed by atoms with Crippen molar-refractivity contribution in [1.29, 1.82) is 0 Å². The van der Waals surface area contributed by atoms with Crippen molar-refractivity contribution in [1.82, 2.24) is 15.5 Å². The van der Waals surface area contributed by atoms with Crippen molar-refractivity contribution >= 4 is 17.5 Å². The molecule has 1 aliphatic rings. The van der Waals surface area contributed by atoms with Crippen molar-refractivity contribution in [3.63, 3.8) is 0 Å². The van der Waals surface area contributed by atoms with Gasteiger partial charge < -0.3 is 10.1 Å². The Morgan fingerprint density at radius 1 is 1.03 bits per heavy atom. The molecule has 0 saturated carbocycles. The third kappa shape index (κ3) is 9.67. The van der Waals surface area contributed by atoms with Crippen LogP contribution in [0.3, 0.4) is 0 Å². The summed E-state index contributed by atoms with van der Waals surface area (Å²) in [5.41, 5.74) is 4.04. The number of aromatic amines is 1. The number of H-pyrrole nitrogens is 1. The molecule has 3 aromatic rings. The Morgan fingerprint density at radius 2 is 1.69 bits per heavy atom. The lowest BCUT2D eigenvalue weighted by molar-refractivity contribution is 0.0931. The number of aromatic nitrogens is 2. The molecule has 32 heavy (non-hydrogen) atoms. The Bertz CT molecular complexity index is 868. The Hall–Kier alpha value is -2.63. The monoisotopic (exact) mass is 455 g/mol. The van der Waals surface area contributed by atoms with E-state index in [1.54, 1.807) is 7.11 Å². The van der Waals surface area contributed by atoms with E-state index in [-0.39, 0.29) is 5.91 Å². The summed E-state index contributed by atoms with van der Waals surface area (Å²) in [7, 11) is 1.62. The van der Waals surface area contributed by atoms with Crippen molar-refractivity contribution in [3.8, 4) is 0 Å². The number of halogens is 1. The van der Waals surface area contributed by atoms with Crippen LogP contribution in [0.1, 0.15) is 53.0 Å². The number of carbonyl (C=O) groups is 1. The highest BCUT2D eigenvalue weighted by atomic mass is 35.5. The molecule has 0 aliphatic heterocycles. The van der Waals surface area contributed by atoms with Crippen LogP contribution in [0.5, 0.6) is 0 Å². The van der Waals surface area contributed by atoms with Gasteiger partial charge in [0.15, 0.2) is 5.69 Å². The van der Waals surface area contributed by atoms with Gasteiger partial charge in [-0.25, -0.2) is 0 Å². The van der Waals surface area contributed by atoms with Crippen molar-refractivity contribution in [2.45, 2.75) is 45.4 Å². The Morgan fingerprint density at radius 3 is 2.25 bits per heavy atom. The van der Waals surface area contributed by atoms with Crippen LogP contribution in [-0.2, 0) is 17.6 Å². The number of methoxy groups -OCH3 is 1. The second kappa shape index (κ2) is 15.2. The summed E-state index contributed by atoms with van der Waals surface area (Å²) in [4.78, 5) is 12.0. The minimum Gasteiger partial charge on any atom is -0.383 e. The largest absolute Gasteiger partial charge is 0.383 e. The summed E-state index contributed by atoms with van der Waals surface area (Å²) >= 11 is 5.64. The van der Waals surface area contributed by atoms with Crippen LogP contribution in [0.2, 0.25) is 5.02 Å². The molecule has 0 saturated heterocycles. The molecule has 4 rings (SSSR count). The first-order chi connectivity index (χ1) is 15.6. The molecule has 0 unspecified atom stereocenters. The van der Waals surface area contributed by atoms with Crippen LogP contribution in [0.25, 0.3) is 0 Å². The third-order valence-corrected chi connectivity index (χ3v) is 5.25. The first-order valence-corrected chi connectivity index (χ1v) is 11.5. The van der Waals surface area contributed by atoms with Crippen molar-refractivity contribution in [2.75, 3.05) is 20.3 Å². The minimum absolute atomic E-state index is 0.0925. The molecule has 2 aromatic carbocycles. The van der Waals surface area contributed by atoms with Crippen LogP contribution >= 0.6 is 11.6 Å². The molecular formula is C26H34ClN3O2. The number of hydrogen-bond acceptors (Lipinski definition) is 3. The number of nitrogens with one attached hydrogen (secondary N) is 2. The van der Waals surface area contributed by atoms with E-state index in [2.05, 4.69) is 15.5 Å². The van der Waals surface area contributed by atoms with Crippen LogP contribution in [0.15, 0.2) is 60.7 Å². The summed E-state index contributed by atoms with van der Waals surface area (Å²) in [6.45, 7) is 3.07. The summed E-state index contributed by atoms with van der Waals surface area (Å²) < 4.78 is 4.92. The van der Waals surface area contributed by atoms with E-state index in [0.29, 0.717) is 18.8 Å². The zero-order chi connectivity index (χ0) is 23.0. The highest BCUT2D eigenvalue weighted by Gasteiger charge is 2.19. The van der Waals surface area contributed by atoms with Crippen LogP contribution in [-0.4, -0.2) is 36.4 Å². The number of amides is 1. The van der Waals surface area contributed by atoms with Crippen molar-refractivity contribution < 1.29 is 9.53 Å². The molecule has 1 aromatic heterocycles. The Labute approximate surface area is 196 Å². The van der Waals surface area contributed by atoms with Gasteiger partial charge in [0.05, 0.1) is 6.61 Å². The van der Waals surface area contributed by atoms with E-state index in [1.807, 2.05) is 67.6 Å². The first-order valence-electron chi connectivity index (χ1n) is 11.2. The molecule has 0 atom stereocenters. The zero-order valence-electron chi connectivity index (χ0n) is 19.1. The van der Waals surface area contributed by atoms with Crippen molar-refractivity contribution in [3.05, 3.63) is 88.2 Å². The summed E-state index contributed by atoms with van der Waals surface area (Å²) in [6.07, 6.45) is 6.81. The summed E-state index contributed by atoms with van der Waals surface area (Å²) in [5, 5.41) is 10.8. The fourth-order valence-corrected chi connectivity index (χ4v) is 3.61.